The SMILES string of the molecule is c1ccc(-c2ccc(-c3nc(-c4ccc5c(c4)c4ccccc4n5-c4ccccc4)nc(-n4c5ccccc5c5c6ccccc6c6c7ccccc7sc6c54)n3)cc2)cc1. The van der Waals surface area contributed by atoms with Crippen molar-refractivity contribution in [2.75, 3.05) is 0 Å². The van der Waals surface area contributed by atoms with E-state index in [4.69, 9.17) is 15.0 Å². The zero-order valence-electron chi connectivity index (χ0n) is 32.7. The van der Waals surface area contributed by atoms with E-state index in [1.807, 2.05) is 17.4 Å². The first-order valence-corrected chi connectivity index (χ1v) is 21.3. The molecule has 61 heavy (non-hydrogen) atoms. The molecule has 0 spiro atoms. The summed E-state index contributed by atoms with van der Waals surface area (Å²) in [7, 11) is 0. The Balaban J connectivity index is 1.11. The van der Waals surface area contributed by atoms with E-state index in [-0.39, 0.29) is 0 Å². The monoisotopic (exact) mass is 795 g/mol. The van der Waals surface area contributed by atoms with Gasteiger partial charge in [0, 0.05) is 53.8 Å². The lowest BCUT2D eigenvalue weighted by Crippen LogP contribution is -2.06. The van der Waals surface area contributed by atoms with Gasteiger partial charge in [-0.15, -0.1) is 11.3 Å². The van der Waals surface area contributed by atoms with Gasteiger partial charge in [-0.2, -0.15) is 9.97 Å². The predicted octanol–water partition coefficient (Wildman–Crippen LogP) is 14.6. The molecule has 0 fully saturated rings. The van der Waals surface area contributed by atoms with Crippen molar-refractivity contribution in [2.24, 2.45) is 0 Å². The van der Waals surface area contributed by atoms with Crippen LogP contribution in [0.4, 0.5) is 0 Å². The Kier molecular flexibility index (Phi) is 7.41. The van der Waals surface area contributed by atoms with E-state index in [0.717, 1.165) is 49.8 Å². The van der Waals surface area contributed by atoms with Crippen molar-refractivity contribution in [1.29, 1.82) is 0 Å². The van der Waals surface area contributed by atoms with Crippen LogP contribution in [0.1, 0.15) is 0 Å². The van der Waals surface area contributed by atoms with Gasteiger partial charge in [-0.3, -0.25) is 4.57 Å². The maximum atomic E-state index is 5.47. The highest BCUT2D eigenvalue weighted by Gasteiger charge is 2.24. The third-order valence-corrected chi connectivity index (χ3v) is 13.3. The molecule has 0 unspecified atom stereocenters. The maximum absolute atomic E-state index is 5.47. The van der Waals surface area contributed by atoms with E-state index < -0.39 is 0 Å². The number of para-hydroxylation sites is 3. The average molecular weight is 796 g/mol. The van der Waals surface area contributed by atoms with Gasteiger partial charge in [0.2, 0.25) is 5.95 Å². The molecule has 284 valence electrons. The molecule has 4 aromatic heterocycles. The Morgan fingerprint density at radius 1 is 0.344 bits per heavy atom. The Morgan fingerprint density at radius 2 is 0.869 bits per heavy atom. The molecule has 0 aliphatic carbocycles. The van der Waals surface area contributed by atoms with Crippen LogP contribution < -0.4 is 0 Å². The average Bonchev–Trinajstić information content (AvgIpc) is 4.00. The molecule has 0 N–H and O–H groups in total. The van der Waals surface area contributed by atoms with Gasteiger partial charge >= 0.3 is 0 Å². The Labute approximate surface area is 354 Å². The topological polar surface area (TPSA) is 48.5 Å². The highest BCUT2D eigenvalue weighted by molar-refractivity contribution is 7.27. The van der Waals surface area contributed by atoms with Gasteiger partial charge in [0.15, 0.2) is 11.6 Å². The highest BCUT2D eigenvalue weighted by Crippen LogP contribution is 2.48. The summed E-state index contributed by atoms with van der Waals surface area (Å²) in [5, 5.41) is 9.68. The minimum atomic E-state index is 0.583. The summed E-state index contributed by atoms with van der Waals surface area (Å²) in [5.74, 6) is 1.81. The standard InChI is InChI=1S/C55H33N5S/c1-3-15-34(16-4-1)35-27-29-36(30-28-35)53-56-54(37-31-32-47-44(33-37)39-19-9-12-24-45(39)59(47)38-17-5-2-6-18-38)58-55(57-53)60-46-25-13-10-22-42(46)49-40-20-7-8-21-41(40)50-43-23-11-14-26-48(43)61-52(50)51(49)60/h1-33H. The molecule has 0 aliphatic rings. The van der Waals surface area contributed by atoms with Crippen LogP contribution >= 0.6 is 11.3 Å². The molecule has 0 saturated carbocycles. The van der Waals surface area contributed by atoms with E-state index >= 15 is 0 Å². The number of benzene rings is 9. The first-order valence-electron chi connectivity index (χ1n) is 20.5. The van der Waals surface area contributed by atoms with Crippen molar-refractivity contribution in [3.05, 3.63) is 200 Å². The van der Waals surface area contributed by atoms with E-state index in [9.17, 15) is 0 Å². The van der Waals surface area contributed by atoms with Crippen molar-refractivity contribution >= 4 is 85.9 Å². The van der Waals surface area contributed by atoms with Crippen LogP contribution in [0.15, 0.2) is 200 Å². The van der Waals surface area contributed by atoms with Crippen molar-refractivity contribution in [1.82, 2.24) is 24.1 Å². The molecule has 9 aromatic carbocycles. The fourth-order valence-electron chi connectivity index (χ4n) is 9.47. The number of rotatable bonds is 5. The van der Waals surface area contributed by atoms with Crippen LogP contribution in [0.3, 0.4) is 0 Å². The Bertz CT molecular complexity index is 3860. The van der Waals surface area contributed by atoms with Crippen LogP contribution in [0, 0.1) is 0 Å². The molecule has 0 radical (unpaired) electrons. The van der Waals surface area contributed by atoms with Crippen molar-refractivity contribution in [3.63, 3.8) is 0 Å². The van der Waals surface area contributed by atoms with Crippen molar-refractivity contribution < 1.29 is 0 Å². The lowest BCUT2D eigenvalue weighted by atomic mass is 9.99. The van der Waals surface area contributed by atoms with Gasteiger partial charge in [-0.05, 0) is 70.4 Å². The van der Waals surface area contributed by atoms with Crippen LogP contribution in [0.25, 0.3) is 120 Å². The third-order valence-electron chi connectivity index (χ3n) is 12.2. The minimum Gasteiger partial charge on any atom is -0.309 e. The molecular weight excluding hydrogens is 763 g/mol. The van der Waals surface area contributed by atoms with Gasteiger partial charge in [-0.1, -0.05) is 152 Å². The molecule has 13 aromatic rings. The second-order valence-corrected chi connectivity index (χ2v) is 16.6. The fourth-order valence-corrected chi connectivity index (χ4v) is 10.7. The summed E-state index contributed by atoms with van der Waals surface area (Å²) in [5.41, 5.74) is 9.72. The second kappa shape index (κ2) is 13.3. The summed E-state index contributed by atoms with van der Waals surface area (Å²) in [6.45, 7) is 0. The van der Waals surface area contributed by atoms with Crippen molar-refractivity contribution in [2.45, 2.75) is 0 Å². The molecule has 6 heteroatoms. The zero-order chi connectivity index (χ0) is 40.0. The summed E-state index contributed by atoms with van der Waals surface area (Å²) in [4.78, 5) is 16.2. The van der Waals surface area contributed by atoms with Gasteiger partial charge in [0.1, 0.15) is 0 Å². The summed E-state index contributed by atoms with van der Waals surface area (Å²) < 4.78 is 7.11. The number of hydrogen-bond donors (Lipinski definition) is 0. The number of aromatic nitrogens is 5. The normalized spacial score (nSPS) is 11.9. The molecule has 4 heterocycles. The quantitative estimate of drug-likeness (QED) is 0.174. The maximum Gasteiger partial charge on any atom is 0.238 e. The molecule has 5 nitrogen and oxygen atoms in total. The Morgan fingerprint density at radius 3 is 1.62 bits per heavy atom. The fraction of sp³-hybridized carbons (Fsp3) is 0. The van der Waals surface area contributed by atoms with Crippen LogP contribution in [0.5, 0.6) is 0 Å². The molecule has 0 saturated heterocycles. The van der Waals surface area contributed by atoms with Crippen LogP contribution in [-0.2, 0) is 0 Å². The zero-order valence-corrected chi connectivity index (χ0v) is 33.5. The summed E-state index contributed by atoms with van der Waals surface area (Å²) >= 11 is 1.84. The summed E-state index contributed by atoms with van der Waals surface area (Å²) in [6, 6.07) is 71.2. The first kappa shape index (κ1) is 34.0. The lowest BCUT2D eigenvalue weighted by molar-refractivity contribution is 0.956. The van der Waals surface area contributed by atoms with Crippen LogP contribution in [-0.4, -0.2) is 24.1 Å². The molecular formula is C55H33N5S. The number of thiophene rings is 1. The molecule has 0 bridgehead atoms. The second-order valence-electron chi connectivity index (χ2n) is 15.6. The Hall–Kier alpha value is -7.93. The molecule has 0 amide bonds. The van der Waals surface area contributed by atoms with Crippen molar-refractivity contribution in [3.8, 4) is 45.5 Å². The van der Waals surface area contributed by atoms with Gasteiger partial charge in [-0.25, -0.2) is 4.98 Å². The van der Waals surface area contributed by atoms with E-state index in [0.29, 0.717) is 17.6 Å². The molecule has 13 rings (SSSR count). The minimum absolute atomic E-state index is 0.583. The largest absolute Gasteiger partial charge is 0.309 e. The van der Waals surface area contributed by atoms with E-state index in [1.165, 1.54) is 52.7 Å². The van der Waals surface area contributed by atoms with Gasteiger partial charge in [0.05, 0.1) is 26.8 Å². The highest BCUT2D eigenvalue weighted by atomic mass is 32.1. The predicted molar refractivity (Wildman–Crippen MR) is 255 cm³/mol. The lowest BCUT2D eigenvalue weighted by Gasteiger charge is -2.12. The third kappa shape index (κ3) is 5.16. The van der Waals surface area contributed by atoms with Crippen LogP contribution in [0.2, 0.25) is 0 Å². The summed E-state index contributed by atoms with van der Waals surface area (Å²) in [6.07, 6.45) is 0. The van der Waals surface area contributed by atoms with E-state index in [1.54, 1.807) is 0 Å². The number of hydrogen-bond acceptors (Lipinski definition) is 4. The smallest absolute Gasteiger partial charge is 0.238 e. The van der Waals surface area contributed by atoms with Gasteiger partial charge in [0.25, 0.3) is 0 Å². The first-order chi connectivity index (χ1) is 30.3. The molecule has 0 atom stereocenters. The number of fused-ring (bicyclic) bond motifs is 13. The number of nitrogens with zero attached hydrogens (tertiary/aromatic N) is 5. The van der Waals surface area contributed by atoms with E-state index in [2.05, 4.69) is 203 Å². The molecule has 0 aliphatic heterocycles. The van der Waals surface area contributed by atoms with Gasteiger partial charge < -0.3 is 4.57 Å².